The van der Waals surface area contributed by atoms with Crippen molar-refractivity contribution in [3.05, 3.63) is 65.2 Å². The maximum absolute atomic E-state index is 12.7. The summed E-state index contributed by atoms with van der Waals surface area (Å²) >= 11 is 0. The first-order valence-electron chi connectivity index (χ1n) is 8.55. The molecule has 1 unspecified atom stereocenters. The van der Waals surface area contributed by atoms with Gasteiger partial charge in [0.1, 0.15) is 0 Å². The third-order valence-corrected chi connectivity index (χ3v) is 5.63. The van der Waals surface area contributed by atoms with Gasteiger partial charge in [0.25, 0.3) is 5.91 Å². The van der Waals surface area contributed by atoms with E-state index in [0.29, 0.717) is 17.2 Å². The van der Waals surface area contributed by atoms with E-state index in [9.17, 15) is 13.2 Å². The Balaban J connectivity index is 2.22. The average Bonchev–Trinajstić information content (AvgIpc) is 2.60. The van der Waals surface area contributed by atoms with Crippen LogP contribution in [0.4, 0.5) is 5.69 Å². The van der Waals surface area contributed by atoms with Gasteiger partial charge in [-0.1, -0.05) is 50.2 Å². The molecule has 26 heavy (non-hydrogen) atoms. The van der Waals surface area contributed by atoms with Gasteiger partial charge in [-0.3, -0.25) is 9.10 Å². The van der Waals surface area contributed by atoms with Gasteiger partial charge in [0.05, 0.1) is 23.5 Å². The van der Waals surface area contributed by atoms with E-state index in [1.807, 2.05) is 19.1 Å². The van der Waals surface area contributed by atoms with Crippen LogP contribution >= 0.6 is 0 Å². The zero-order valence-electron chi connectivity index (χ0n) is 15.9. The zero-order valence-corrected chi connectivity index (χ0v) is 16.7. The van der Waals surface area contributed by atoms with Crippen LogP contribution in [0.5, 0.6) is 0 Å². The van der Waals surface area contributed by atoms with Crippen LogP contribution in [0.3, 0.4) is 0 Å². The van der Waals surface area contributed by atoms with Crippen LogP contribution < -0.4 is 9.62 Å². The standard InChI is InChI=1S/C20H26N2O3S/c1-14(2)16-10-12-17(13-11-16)15(3)21-20(23)18-8-6-7-9-19(18)22(4)26(5,24)25/h6-15H,1-5H3,(H,21,23). The molecule has 1 atom stereocenters. The number of carbonyl (C=O) groups excluding carboxylic acids is 1. The van der Waals surface area contributed by atoms with Crippen LogP contribution in [0, 0.1) is 0 Å². The molecule has 1 N–H and O–H groups in total. The SMILES string of the molecule is CC(C)c1ccc(C(C)NC(=O)c2ccccc2N(C)S(C)(=O)=O)cc1. The highest BCUT2D eigenvalue weighted by Gasteiger charge is 2.20. The number of rotatable bonds is 6. The lowest BCUT2D eigenvalue weighted by Gasteiger charge is -2.21. The Labute approximate surface area is 156 Å². The Kier molecular flexibility index (Phi) is 6.08. The van der Waals surface area contributed by atoms with Crippen molar-refractivity contribution < 1.29 is 13.2 Å². The van der Waals surface area contributed by atoms with Crippen LogP contribution in [-0.4, -0.2) is 27.6 Å². The molecule has 2 rings (SSSR count). The van der Waals surface area contributed by atoms with Gasteiger partial charge in [0.2, 0.25) is 10.0 Å². The van der Waals surface area contributed by atoms with Gasteiger partial charge in [0, 0.05) is 7.05 Å². The van der Waals surface area contributed by atoms with Gasteiger partial charge < -0.3 is 5.32 Å². The molecule has 0 aromatic heterocycles. The van der Waals surface area contributed by atoms with Crippen LogP contribution in [-0.2, 0) is 10.0 Å². The number of para-hydroxylation sites is 1. The summed E-state index contributed by atoms with van der Waals surface area (Å²) in [5.74, 6) is 0.142. The minimum absolute atomic E-state index is 0.194. The Morgan fingerprint density at radius 2 is 1.50 bits per heavy atom. The second-order valence-corrected chi connectivity index (χ2v) is 8.78. The third-order valence-electron chi connectivity index (χ3n) is 4.44. The van der Waals surface area contributed by atoms with E-state index < -0.39 is 10.0 Å². The summed E-state index contributed by atoms with van der Waals surface area (Å²) in [6, 6.07) is 14.6. The van der Waals surface area contributed by atoms with Crippen LogP contribution in [0.15, 0.2) is 48.5 Å². The van der Waals surface area contributed by atoms with Crippen molar-refractivity contribution in [3.63, 3.8) is 0 Å². The van der Waals surface area contributed by atoms with E-state index >= 15 is 0 Å². The largest absolute Gasteiger partial charge is 0.345 e. The second kappa shape index (κ2) is 7.91. The number of nitrogens with zero attached hydrogens (tertiary/aromatic N) is 1. The average molecular weight is 375 g/mol. The molecule has 2 aromatic carbocycles. The molecule has 1 amide bonds. The van der Waals surface area contributed by atoms with Crippen LogP contribution in [0.2, 0.25) is 0 Å². The van der Waals surface area contributed by atoms with E-state index in [2.05, 4.69) is 31.3 Å². The van der Waals surface area contributed by atoms with Crippen molar-refractivity contribution in [2.75, 3.05) is 17.6 Å². The van der Waals surface area contributed by atoms with Crippen molar-refractivity contribution >= 4 is 21.6 Å². The molecule has 0 saturated carbocycles. The molecule has 5 nitrogen and oxygen atoms in total. The molecule has 0 aliphatic carbocycles. The van der Waals surface area contributed by atoms with E-state index in [-0.39, 0.29) is 11.9 Å². The van der Waals surface area contributed by atoms with Gasteiger partial charge in [-0.15, -0.1) is 0 Å². The molecule has 0 aliphatic rings. The van der Waals surface area contributed by atoms with Crippen molar-refractivity contribution in [1.82, 2.24) is 5.32 Å². The van der Waals surface area contributed by atoms with Crippen molar-refractivity contribution in [2.24, 2.45) is 0 Å². The molecule has 2 aromatic rings. The summed E-state index contributed by atoms with van der Waals surface area (Å²) in [7, 11) is -2.01. The van der Waals surface area contributed by atoms with Gasteiger partial charge in [0.15, 0.2) is 0 Å². The summed E-state index contributed by atoms with van der Waals surface area (Å²) in [5.41, 5.74) is 2.92. The fourth-order valence-corrected chi connectivity index (χ4v) is 3.16. The molecule has 0 heterocycles. The van der Waals surface area contributed by atoms with Gasteiger partial charge in [-0.2, -0.15) is 0 Å². The van der Waals surface area contributed by atoms with Gasteiger partial charge in [-0.05, 0) is 36.1 Å². The molecule has 0 saturated heterocycles. The van der Waals surface area contributed by atoms with Crippen molar-refractivity contribution in [3.8, 4) is 0 Å². The summed E-state index contributed by atoms with van der Waals surface area (Å²) in [4.78, 5) is 12.7. The van der Waals surface area contributed by atoms with Crippen LogP contribution in [0.25, 0.3) is 0 Å². The number of sulfonamides is 1. The lowest BCUT2D eigenvalue weighted by molar-refractivity contribution is 0.0940. The summed E-state index contributed by atoms with van der Waals surface area (Å²) < 4.78 is 24.8. The highest BCUT2D eigenvalue weighted by Crippen LogP contribution is 2.23. The maximum atomic E-state index is 12.7. The van der Waals surface area contributed by atoms with E-state index in [1.54, 1.807) is 24.3 Å². The predicted octanol–water partition coefficient (Wildman–Crippen LogP) is 3.70. The topological polar surface area (TPSA) is 66.5 Å². The number of amides is 1. The fraction of sp³-hybridized carbons (Fsp3) is 0.350. The number of carbonyl (C=O) groups is 1. The van der Waals surface area contributed by atoms with E-state index in [0.717, 1.165) is 16.1 Å². The van der Waals surface area contributed by atoms with Crippen molar-refractivity contribution in [2.45, 2.75) is 32.7 Å². The molecule has 0 spiro atoms. The molecule has 0 bridgehead atoms. The quantitative estimate of drug-likeness (QED) is 0.838. The molecular formula is C20H26N2O3S. The minimum atomic E-state index is -3.45. The monoisotopic (exact) mass is 374 g/mol. The minimum Gasteiger partial charge on any atom is -0.345 e. The Bertz CT molecular complexity index is 874. The first-order valence-corrected chi connectivity index (χ1v) is 10.4. The first-order chi connectivity index (χ1) is 12.1. The maximum Gasteiger partial charge on any atom is 0.253 e. The second-order valence-electron chi connectivity index (χ2n) is 6.76. The smallest absolute Gasteiger partial charge is 0.253 e. The number of nitrogens with one attached hydrogen (secondary N) is 1. The van der Waals surface area contributed by atoms with Gasteiger partial charge >= 0.3 is 0 Å². The van der Waals surface area contributed by atoms with Crippen molar-refractivity contribution in [1.29, 1.82) is 0 Å². The highest BCUT2D eigenvalue weighted by molar-refractivity contribution is 7.92. The number of benzene rings is 2. The lowest BCUT2D eigenvalue weighted by Crippen LogP contribution is -2.31. The zero-order chi connectivity index (χ0) is 19.5. The molecule has 0 radical (unpaired) electrons. The number of anilines is 1. The van der Waals surface area contributed by atoms with E-state index in [1.165, 1.54) is 12.6 Å². The lowest BCUT2D eigenvalue weighted by atomic mass is 9.99. The number of hydrogen-bond acceptors (Lipinski definition) is 3. The first kappa shape index (κ1) is 20.0. The number of hydrogen-bond donors (Lipinski definition) is 1. The Morgan fingerprint density at radius 3 is 2.04 bits per heavy atom. The summed E-state index contributed by atoms with van der Waals surface area (Å²) in [6.07, 6.45) is 1.11. The van der Waals surface area contributed by atoms with E-state index in [4.69, 9.17) is 0 Å². The van der Waals surface area contributed by atoms with Crippen LogP contribution in [0.1, 0.15) is 54.2 Å². The predicted molar refractivity (Wildman–Crippen MR) is 106 cm³/mol. The Morgan fingerprint density at radius 1 is 0.962 bits per heavy atom. The fourth-order valence-electron chi connectivity index (χ4n) is 2.65. The molecule has 0 aliphatic heterocycles. The highest BCUT2D eigenvalue weighted by atomic mass is 32.2. The third kappa shape index (κ3) is 4.64. The normalized spacial score (nSPS) is 12.7. The molecule has 140 valence electrons. The molecule has 0 fully saturated rings. The van der Waals surface area contributed by atoms with Gasteiger partial charge in [-0.25, -0.2) is 8.42 Å². The Hall–Kier alpha value is -2.34. The molecule has 6 heteroatoms. The summed E-state index contributed by atoms with van der Waals surface area (Å²) in [6.45, 7) is 6.18. The summed E-state index contributed by atoms with van der Waals surface area (Å²) in [5, 5.41) is 2.95. The molecular weight excluding hydrogens is 348 g/mol.